The number of carbonyl (C=O) groups is 1. The molecule has 0 saturated carbocycles. The molecule has 0 saturated heterocycles. The standard InChI is InChI=1S/C17H14F3NO3/c1-10-15(24-14-8-3-2-7-13(14)23-10)16(22)21-12-6-4-5-11(9-12)17(18,19)20/h2-10,15H,1H3,(H,21,22)/t10-,15-/m1/s1. The van der Waals surface area contributed by atoms with Crippen molar-refractivity contribution >= 4 is 11.6 Å². The van der Waals surface area contributed by atoms with Crippen LogP contribution < -0.4 is 14.8 Å². The van der Waals surface area contributed by atoms with Gasteiger partial charge in [0.25, 0.3) is 5.91 Å². The highest BCUT2D eigenvalue weighted by Crippen LogP contribution is 2.34. The number of halogens is 3. The first kappa shape index (κ1) is 16.2. The Balaban J connectivity index is 1.76. The van der Waals surface area contributed by atoms with Gasteiger partial charge in [-0.3, -0.25) is 4.79 Å². The molecule has 0 bridgehead atoms. The molecule has 1 aliphatic heterocycles. The summed E-state index contributed by atoms with van der Waals surface area (Å²) < 4.78 is 49.4. The van der Waals surface area contributed by atoms with Gasteiger partial charge in [0.05, 0.1) is 5.56 Å². The number of ether oxygens (including phenoxy) is 2. The van der Waals surface area contributed by atoms with Crippen molar-refractivity contribution in [2.45, 2.75) is 25.3 Å². The van der Waals surface area contributed by atoms with Gasteiger partial charge in [-0.05, 0) is 37.3 Å². The molecule has 2 aromatic rings. The van der Waals surface area contributed by atoms with E-state index in [2.05, 4.69) is 5.32 Å². The number of nitrogens with one attached hydrogen (secondary N) is 1. The van der Waals surface area contributed by atoms with E-state index < -0.39 is 29.9 Å². The molecule has 1 heterocycles. The van der Waals surface area contributed by atoms with E-state index in [-0.39, 0.29) is 5.69 Å². The van der Waals surface area contributed by atoms with Crippen molar-refractivity contribution in [3.05, 3.63) is 54.1 Å². The molecule has 0 aromatic heterocycles. The zero-order valence-electron chi connectivity index (χ0n) is 12.6. The smallest absolute Gasteiger partial charge is 0.416 e. The lowest BCUT2D eigenvalue weighted by Crippen LogP contribution is -2.46. The van der Waals surface area contributed by atoms with Crippen LogP contribution in [0.3, 0.4) is 0 Å². The third kappa shape index (κ3) is 3.29. The fourth-order valence-corrected chi connectivity index (χ4v) is 2.39. The SMILES string of the molecule is C[C@H]1Oc2ccccc2O[C@H]1C(=O)Nc1cccc(C(F)(F)F)c1. The summed E-state index contributed by atoms with van der Waals surface area (Å²) in [6.45, 7) is 1.66. The molecule has 24 heavy (non-hydrogen) atoms. The van der Waals surface area contributed by atoms with Crippen molar-refractivity contribution in [3.8, 4) is 11.5 Å². The maximum atomic E-state index is 12.7. The molecule has 4 nitrogen and oxygen atoms in total. The zero-order valence-corrected chi connectivity index (χ0v) is 12.6. The first-order valence-electron chi connectivity index (χ1n) is 7.25. The molecule has 1 N–H and O–H groups in total. The third-order valence-electron chi connectivity index (χ3n) is 3.56. The van der Waals surface area contributed by atoms with Gasteiger partial charge >= 0.3 is 6.18 Å². The van der Waals surface area contributed by atoms with Crippen molar-refractivity contribution in [2.75, 3.05) is 5.32 Å². The molecular formula is C17H14F3NO3. The molecule has 3 rings (SSSR count). The lowest BCUT2D eigenvalue weighted by molar-refractivity contribution is -0.137. The lowest BCUT2D eigenvalue weighted by atomic mass is 10.1. The summed E-state index contributed by atoms with van der Waals surface area (Å²) >= 11 is 0. The van der Waals surface area contributed by atoms with Gasteiger partial charge in [0.2, 0.25) is 6.10 Å². The van der Waals surface area contributed by atoms with Crippen LogP contribution in [0.25, 0.3) is 0 Å². The van der Waals surface area contributed by atoms with E-state index in [9.17, 15) is 18.0 Å². The van der Waals surface area contributed by atoms with Gasteiger partial charge in [-0.25, -0.2) is 0 Å². The Kier molecular flexibility index (Phi) is 4.09. The van der Waals surface area contributed by atoms with E-state index in [0.717, 1.165) is 12.1 Å². The van der Waals surface area contributed by atoms with Crippen LogP contribution >= 0.6 is 0 Å². The third-order valence-corrected chi connectivity index (χ3v) is 3.56. The van der Waals surface area contributed by atoms with Crippen LogP contribution in [0.15, 0.2) is 48.5 Å². The average molecular weight is 337 g/mol. The van der Waals surface area contributed by atoms with Gasteiger partial charge < -0.3 is 14.8 Å². The molecule has 1 amide bonds. The van der Waals surface area contributed by atoms with Gasteiger partial charge in [-0.1, -0.05) is 18.2 Å². The first-order chi connectivity index (χ1) is 11.3. The monoisotopic (exact) mass is 337 g/mol. The van der Waals surface area contributed by atoms with Crippen molar-refractivity contribution in [1.82, 2.24) is 0 Å². The van der Waals surface area contributed by atoms with Crippen LogP contribution in [-0.4, -0.2) is 18.1 Å². The van der Waals surface area contributed by atoms with E-state index in [1.54, 1.807) is 31.2 Å². The maximum absolute atomic E-state index is 12.7. The number of rotatable bonds is 2. The molecule has 126 valence electrons. The molecule has 0 fully saturated rings. The van der Waals surface area contributed by atoms with Crippen LogP contribution in [0.1, 0.15) is 12.5 Å². The van der Waals surface area contributed by atoms with Gasteiger partial charge in [0, 0.05) is 5.69 Å². The second-order valence-corrected chi connectivity index (χ2v) is 5.38. The summed E-state index contributed by atoms with van der Waals surface area (Å²) in [5.74, 6) is 0.365. The minimum absolute atomic E-state index is 0.0458. The lowest BCUT2D eigenvalue weighted by Gasteiger charge is -2.31. The zero-order chi connectivity index (χ0) is 17.3. The predicted octanol–water partition coefficient (Wildman–Crippen LogP) is 3.87. The quantitative estimate of drug-likeness (QED) is 0.905. The Bertz CT molecular complexity index is 761. The number of fused-ring (bicyclic) bond motifs is 1. The second-order valence-electron chi connectivity index (χ2n) is 5.38. The highest BCUT2D eigenvalue weighted by Gasteiger charge is 2.35. The normalized spacial score (nSPS) is 19.7. The van der Waals surface area contributed by atoms with Gasteiger partial charge in [0.1, 0.15) is 6.10 Å². The number of alkyl halides is 3. The summed E-state index contributed by atoms with van der Waals surface area (Å²) in [5.41, 5.74) is -0.788. The second kappa shape index (κ2) is 6.07. The minimum Gasteiger partial charge on any atom is -0.482 e. The summed E-state index contributed by atoms with van der Waals surface area (Å²) in [7, 11) is 0. The van der Waals surface area contributed by atoms with E-state index in [4.69, 9.17) is 9.47 Å². The molecule has 0 unspecified atom stereocenters. The number of carbonyl (C=O) groups excluding carboxylic acids is 1. The molecule has 0 aliphatic carbocycles. The van der Waals surface area contributed by atoms with E-state index in [1.807, 2.05) is 0 Å². The fraction of sp³-hybridized carbons (Fsp3) is 0.235. The fourth-order valence-electron chi connectivity index (χ4n) is 2.39. The van der Waals surface area contributed by atoms with E-state index >= 15 is 0 Å². The van der Waals surface area contributed by atoms with Crippen LogP contribution in [0, 0.1) is 0 Å². The van der Waals surface area contributed by atoms with Crippen LogP contribution in [-0.2, 0) is 11.0 Å². The summed E-state index contributed by atoms with van der Waals surface area (Å²) in [6.07, 6.45) is -6.02. The Morgan fingerprint density at radius 3 is 2.38 bits per heavy atom. The molecule has 1 aliphatic rings. The number of amides is 1. The number of hydrogen-bond acceptors (Lipinski definition) is 3. The van der Waals surface area contributed by atoms with Crippen LogP contribution in [0.4, 0.5) is 18.9 Å². The largest absolute Gasteiger partial charge is 0.482 e. The Morgan fingerprint density at radius 2 is 1.71 bits per heavy atom. The summed E-state index contributed by atoms with van der Waals surface area (Å²) in [4.78, 5) is 12.4. The number of anilines is 1. The van der Waals surface area contributed by atoms with E-state index in [0.29, 0.717) is 11.5 Å². The number of benzene rings is 2. The Hall–Kier alpha value is -2.70. The highest BCUT2D eigenvalue weighted by atomic mass is 19.4. The topological polar surface area (TPSA) is 47.6 Å². The average Bonchev–Trinajstić information content (AvgIpc) is 2.53. The summed E-state index contributed by atoms with van der Waals surface area (Å²) in [6, 6.07) is 11.3. The predicted molar refractivity (Wildman–Crippen MR) is 81.0 cm³/mol. The molecule has 2 aromatic carbocycles. The van der Waals surface area contributed by atoms with Crippen molar-refractivity contribution in [3.63, 3.8) is 0 Å². The molecule has 0 radical (unpaired) electrons. The molecule has 7 heteroatoms. The summed E-state index contributed by atoms with van der Waals surface area (Å²) in [5, 5.41) is 2.44. The highest BCUT2D eigenvalue weighted by molar-refractivity contribution is 5.95. The van der Waals surface area contributed by atoms with Crippen LogP contribution in [0.5, 0.6) is 11.5 Å². The first-order valence-corrected chi connectivity index (χ1v) is 7.25. The molecule has 0 spiro atoms. The number of hydrogen-bond donors (Lipinski definition) is 1. The van der Waals surface area contributed by atoms with E-state index in [1.165, 1.54) is 12.1 Å². The van der Waals surface area contributed by atoms with Crippen LogP contribution in [0.2, 0.25) is 0 Å². The number of para-hydroxylation sites is 2. The Morgan fingerprint density at radius 1 is 1.04 bits per heavy atom. The minimum atomic E-state index is -4.47. The van der Waals surface area contributed by atoms with Crippen molar-refractivity contribution < 1.29 is 27.4 Å². The molecule has 2 atom stereocenters. The van der Waals surface area contributed by atoms with Crippen molar-refractivity contribution in [1.29, 1.82) is 0 Å². The maximum Gasteiger partial charge on any atom is 0.416 e. The van der Waals surface area contributed by atoms with Gasteiger partial charge in [-0.15, -0.1) is 0 Å². The van der Waals surface area contributed by atoms with Gasteiger partial charge in [-0.2, -0.15) is 13.2 Å². The van der Waals surface area contributed by atoms with Gasteiger partial charge in [0.15, 0.2) is 11.5 Å². The van der Waals surface area contributed by atoms with Crippen molar-refractivity contribution in [2.24, 2.45) is 0 Å². The Labute approximate surface area is 136 Å². The molecular weight excluding hydrogens is 323 g/mol.